The van der Waals surface area contributed by atoms with Gasteiger partial charge in [-0.25, -0.2) is 9.37 Å². The fraction of sp³-hybridized carbons (Fsp3) is 0.409. The SMILES string of the molecule is CN(c1ccc(-c2ccc(-n3ccnc3)cc2O)nn1)[C@@H]1[C@H]2CC[C@](C)(NC2)[C@H]1F. The number of anilines is 1. The van der Waals surface area contributed by atoms with E-state index in [0.29, 0.717) is 17.1 Å². The second-order valence-electron chi connectivity index (χ2n) is 8.55. The van der Waals surface area contributed by atoms with E-state index in [1.54, 1.807) is 18.6 Å². The van der Waals surface area contributed by atoms with Gasteiger partial charge in [0.25, 0.3) is 0 Å². The first kappa shape index (κ1) is 19.0. The summed E-state index contributed by atoms with van der Waals surface area (Å²) in [6, 6.07) is 8.81. The van der Waals surface area contributed by atoms with E-state index < -0.39 is 11.7 Å². The Morgan fingerprint density at radius 1 is 1.27 bits per heavy atom. The molecule has 2 aromatic heterocycles. The van der Waals surface area contributed by atoms with Crippen LogP contribution in [-0.2, 0) is 0 Å². The molecule has 3 aromatic rings. The monoisotopic (exact) mass is 408 g/mol. The van der Waals surface area contributed by atoms with Gasteiger partial charge in [0.05, 0.1) is 23.8 Å². The number of nitrogens with zero attached hydrogens (tertiary/aromatic N) is 5. The first-order valence-electron chi connectivity index (χ1n) is 10.2. The number of fused-ring (bicyclic) bond motifs is 3. The van der Waals surface area contributed by atoms with Gasteiger partial charge < -0.3 is 19.9 Å². The maximum atomic E-state index is 15.2. The third-order valence-corrected chi connectivity index (χ3v) is 6.71. The molecule has 2 saturated heterocycles. The first-order valence-corrected chi connectivity index (χ1v) is 10.2. The third kappa shape index (κ3) is 3.02. The largest absolute Gasteiger partial charge is 0.507 e. The van der Waals surface area contributed by atoms with Crippen LogP contribution in [0.1, 0.15) is 19.8 Å². The predicted molar refractivity (Wildman–Crippen MR) is 112 cm³/mol. The maximum absolute atomic E-state index is 15.2. The van der Waals surface area contributed by atoms with Crippen LogP contribution in [0.15, 0.2) is 49.1 Å². The summed E-state index contributed by atoms with van der Waals surface area (Å²) in [6.45, 7) is 2.80. The predicted octanol–water partition coefficient (Wildman–Crippen LogP) is 2.95. The number of benzene rings is 1. The van der Waals surface area contributed by atoms with E-state index >= 15 is 4.39 Å². The number of phenolic OH excluding ortho intramolecular Hbond substituents is 1. The Morgan fingerprint density at radius 3 is 2.77 bits per heavy atom. The van der Waals surface area contributed by atoms with Crippen LogP contribution < -0.4 is 10.2 Å². The number of aromatic hydroxyl groups is 1. The highest BCUT2D eigenvalue weighted by atomic mass is 19.1. The summed E-state index contributed by atoms with van der Waals surface area (Å²) in [6.07, 6.45) is 6.08. The summed E-state index contributed by atoms with van der Waals surface area (Å²) >= 11 is 0. The zero-order chi connectivity index (χ0) is 20.9. The number of aromatic nitrogens is 4. The maximum Gasteiger partial charge on any atom is 0.151 e. The van der Waals surface area contributed by atoms with Crippen LogP contribution >= 0.6 is 0 Å². The number of piperidine rings is 2. The number of nitrogens with one attached hydrogen (secondary N) is 1. The minimum Gasteiger partial charge on any atom is -0.507 e. The lowest BCUT2D eigenvalue weighted by Crippen LogP contribution is -2.70. The second kappa shape index (κ2) is 7.05. The van der Waals surface area contributed by atoms with Gasteiger partial charge >= 0.3 is 0 Å². The van der Waals surface area contributed by atoms with Crippen LogP contribution in [0.3, 0.4) is 0 Å². The van der Waals surface area contributed by atoms with Crippen molar-refractivity contribution in [2.24, 2.45) is 5.92 Å². The molecule has 8 heteroatoms. The summed E-state index contributed by atoms with van der Waals surface area (Å²) in [5, 5.41) is 22.5. The van der Waals surface area contributed by atoms with E-state index in [-0.39, 0.29) is 17.7 Å². The van der Waals surface area contributed by atoms with Gasteiger partial charge in [-0.2, -0.15) is 0 Å². The molecule has 0 spiro atoms. The van der Waals surface area contributed by atoms with E-state index in [2.05, 4.69) is 20.5 Å². The molecule has 6 rings (SSSR count). The van der Waals surface area contributed by atoms with Gasteiger partial charge in [-0.05, 0) is 49.9 Å². The van der Waals surface area contributed by atoms with Crippen molar-refractivity contribution in [2.45, 2.75) is 37.5 Å². The molecule has 0 unspecified atom stereocenters. The smallest absolute Gasteiger partial charge is 0.151 e. The Bertz CT molecular complexity index is 1030. The second-order valence-corrected chi connectivity index (χ2v) is 8.55. The van der Waals surface area contributed by atoms with E-state index in [1.165, 1.54) is 0 Å². The summed E-state index contributed by atoms with van der Waals surface area (Å²) in [5.74, 6) is 1.01. The van der Waals surface area contributed by atoms with Gasteiger partial charge in [-0.1, -0.05) is 0 Å². The minimum absolute atomic E-state index is 0.115. The molecule has 1 aromatic carbocycles. The highest BCUT2D eigenvalue weighted by molar-refractivity contribution is 5.69. The summed E-state index contributed by atoms with van der Waals surface area (Å²) in [4.78, 5) is 5.94. The van der Waals surface area contributed by atoms with E-state index in [9.17, 15) is 5.11 Å². The van der Waals surface area contributed by atoms with Crippen molar-refractivity contribution in [3.8, 4) is 22.7 Å². The lowest BCUT2D eigenvalue weighted by molar-refractivity contribution is 0.0102. The van der Waals surface area contributed by atoms with E-state index in [4.69, 9.17) is 0 Å². The molecule has 0 radical (unpaired) electrons. The molecule has 2 bridgehead atoms. The van der Waals surface area contributed by atoms with Gasteiger partial charge in [0, 0.05) is 43.2 Å². The summed E-state index contributed by atoms with van der Waals surface area (Å²) in [7, 11) is 1.89. The number of halogens is 1. The zero-order valence-electron chi connectivity index (χ0n) is 17.0. The molecule has 1 saturated carbocycles. The number of hydrogen-bond donors (Lipinski definition) is 2. The van der Waals surface area contributed by atoms with Gasteiger partial charge in [0.1, 0.15) is 11.9 Å². The highest BCUT2D eigenvalue weighted by Gasteiger charge is 2.53. The number of imidazole rings is 1. The van der Waals surface area contributed by atoms with Crippen molar-refractivity contribution in [1.82, 2.24) is 25.1 Å². The summed E-state index contributed by atoms with van der Waals surface area (Å²) < 4.78 is 17.0. The van der Waals surface area contributed by atoms with E-state index in [0.717, 1.165) is 25.1 Å². The van der Waals surface area contributed by atoms with Crippen molar-refractivity contribution in [3.05, 3.63) is 49.1 Å². The molecule has 156 valence electrons. The van der Waals surface area contributed by atoms with Crippen molar-refractivity contribution >= 4 is 5.82 Å². The molecule has 2 aliphatic heterocycles. The van der Waals surface area contributed by atoms with Crippen LogP contribution in [0.4, 0.5) is 10.2 Å². The van der Waals surface area contributed by atoms with Gasteiger partial charge in [0.2, 0.25) is 0 Å². The molecule has 4 atom stereocenters. The molecule has 4 heterocycles. The topological polar surface area (TPSA) is 79.1 Å². The normalized spacial score (nSPS) is 27.9. The Labute approximate surface area is 174 Å². The fourth-order valence-electron chi connectivity index (χ4n) is 4.81. The number of alkyl halides is 1. The van der Waals surface area contributed by atoms with Crippen molar-refractivity contribution in [1.29, 1.82) is 0 Å². The average Bonchev–Trinajstić information content (AvgIpc) is 3.30. The molecule has 3 aliphatic rings. The number of phenols is 1. The zero-order valence-corrected chi connectivity index (χ0v) is 17.0. The minimum atomic E-state index is -0.962. The van der Waals surface area contributed by atoms with Crippen molar-refractivity contribution < 1.29 is 9.50 Å². The standard InChI is InChI=1S/C22H25FN6O/c1-22-8-7-14(12-25-22)20(21(22)23)28(2)19-6-5-17(26-27-19)16-4-3-15(11-18(16)30)29-10-9-24-13-29/h3-6,9-11,13-14,20-21,25,30H,7-8,12H2,1-2H3/t14-,20+,21-,22-/m0/s1. The molecule has 1 aliphatic carbocycles. The Morgan fingerprint density at radius 2 is 2.13 bits per heavy atom. The molecule has 7 nitrogen and oxygen atoms in total. The molecule has 2 N–H and O–H groups in total. The van der Waals surface area contributed by atoms with Gasteiger partial charge in [-0.15, -0.1) is 10.2 Å². The van der Waals surface area contributed by atoms with Crippen LogP contribution in [0.2, 0.25) is 0 Å². The Kier molecular flexibility index (Phi) is 4.47. The number of rotatable bonds is 4. The van der Waals surface area contributed by atoms with Crippen molar-refractivity contribution in [3.63, 3.8) is 0 Å². The highest BCUT2D eigenvalue weighted by Crippen LogP contribution is 2.42. The van der Waals surface area contributed by atoms with Crippen LogP contribution in [0.5, 0.6) is 5.75 Å². The van der Waals surface area contributed by atoms with Gasteiger partial charge in [0.15, 0.2) is 5.82 Å². The van der Waals surface area contributed by atoms with E-state index in [1.807, 2.05) is 53.9 Å². The van der Waals surface area contributed by atoms with Crippen LogP contribution in [0.25, 0.3) is 16.9 Å². The quantitative estimate of drug-likeness (QED) is 0.691. The Hall–Kier alpha value is -3.00. The average molecular weight is 408 g/mol. The van der Waals surface area contributed by atoms with Crippen molar-refractivity contribution in [2.75, 3.05) is 18.5 Å². The first-order chi connectivity index (χ1) is 14.5. The molecule has 30 heavy (non-hydrogen) atoms. The van der Waals surface area contributed by atoms with Gasteiger partial charge in [-0.3, -0.25) is 0 Å². The fourth-order valence-corrected chi connectivity index (χ4v) is 4.81. The lowest BCUT2D eigenvalue weighted by Gasteiger charge is -2.54. The summed E-state index contributed by atoms with van der Waals surface area (Å²) in [5.41, 5.74) is 1.50. The molecule has 3 fully saturated rings. The number of hydrogen-bond acceptors (Lipinski definition) is 6. The van der Waals surface area contributed by atoms with Crippen LogP contribution in [0, 0.1) is 5.92 Å². The third-order valence-electron chi connectivity index (χ3n) is 6.71. The Balaban J connectivity index is 1.38. The molecular formula is C22H25FN6O. The lowest BCUT2D eigenvalue weighted by atomic mass is 9.68. The molecule has 0 amide bonds. The molecular weight excluding hydrogens is 383 g/mol. The van der Waals surface area contributed by atoms with Crippen LogP contribution in [-0.4, -0.2) is 56.2 Å².